The van der Waals surface area contributed by atoms with Crippen molar-refractivity contribution in [1.29, 1.82) is 0 Å². The minimum atomic E-state index is 0.112. The summed E-state index contributed by atoms with van der Waals surface area (Å²) in [6.07, 6.45) is 1.60. The maximum absolute atomic E-state index is 5.76. The van der Waals surface area contributed by atoms with Crippen molar-refractivity contribution in [1.82, 2.24) is 15.4 Å². The van der Waals surface area contributed by atoms with Gasteiger partial charge in [-0.15, -0.1) is 10.2 Å². The second-order valence-electron chi connectivity index (χ2n) is 7.15. The molecule has 0 saturated heterocycles. The summed E-state index contributed by atoms with van der Waals surface area (Å²) >= 11 is 1.41. The summed E-state index contributed by atoms with van der Waals surface area (Å²) < 4.78 is 16.3. The van der Waals surface area contributed by atoms with E-state index in [1.807, 2.05) is 24.3 Å². The number of nitrogens with zero attached hydrogens (tertiary/aromatic N) is 3. The Morgan fingerprint density at radius 1 is 1.00 bits per heavy atom. The van der Waals surface area contributed by atoms with E-state index in [4.69, 9.17) is 13.4 Å². The molecule has 0 aliphatic carbocycles. The van der Waals surface area contributed by atoms with Crippen LogP contribution in [0.3, 0.4) is 0 Å². The van der Waals surface area contributed by atoms with Crippen molar-refractivity contribution in [2.75, 3.05) is 0 Å². The van der Waals surface area contributed by atoms with Crippen LogP contribution in [0.25, 0.3) is 23.0 Å². The molecule has 0 atom stereocenters. The molecule has 0 aliphatic heterocycles. The highest BCUT2D eigenvalue weighted by Gasteiger charge is 2.15. The Bertz CT molecular complexity index is 1010. The molecule has 4 aromatic rings. The van der Waals surface area contributed by atoms with E-state index in [0.717, 1.165) is 11.3 Å². The lowest BCUT2D eigenvalue weighted by molar-refractivity contribution is 0.413. The van der Waals surface area contributed by atoms with Crippen LogP contribution in [0.1, 0.15) is 32.0 Å². The fourth-order valence-corrected chi connectivity index (χ4v) is 3.19. The zero-order chi connectivity index (χ0) is 18.9. The molecule has 3 aromatic heterocycles. The van der Waals surface area contributed by atoms with Gasteiger partial charge in [-0.3, -0.25) is 0 Å². The first kappa shape index (κ1) is 17.6. The van der Waals surface area contributed by atoms with Crippen molar-refractivity contribution < 1.29 is 13.4 Å². The normalized spacial score (nSPS) is 11.8. The van der Waals surface area contributed by atoms with Gasteiger partial charge in [0.2, 0.25) is 11.7 Å². The molecule has 0 spiro atoms. The third-order valence-corrected chi connectivity index (χ3v) is 4.92. The van der Waals surface area contributed by atoms with E-state index in [2.05, 4.69) is 48.3 Å². The largest absolute Gasteiger partial charge is 0.461 e. The Morgan fingerprint density at radius 2 is 1.81 bits per heavy atom. The standard InChI is InChI=1S/C20H19N3O3S/c1-20(2,3)14-8-6-13(7-9-14)18-21-22-19(25-18)27-12-15-11-17(26-23-15)16-5-4-10-24-16/h4-11H,12H2,1-3H3. The average Bonchev–Trinajstić information content (AvgIpc) is 3.39. The van der Waals surface area contributed by atoms with Crippen LogP contribution in [0.2, 0.25) is 0 Å². The Morgan fingerprint density at radius 3 is 2.52 bits per heavy atom. The number of furan rings is 1. The van der Waals surface area contributed by atoms with E-state index in [-0.39, 0.29) is 5.41 Å². The van der Waals surface area contributed by atoms with Crippen LogP contribution < -0.4 is 0 Å². The van der Waals surface area contributed by atoms with E-state index < -0.39 is 0 Å². The van der Waals surface area contributed by atoms with E-state index in [1.54, 1.807) is 12.3 Å². The highest BCUT2D eigenvalue weighted by atomic mass is 32.2. The van der Waals surface area contributed by atoms with Crippen molar-refractivity contribution in [3.63, 3.8) is 0 Å². The molecule has 27 heavy (non-hydrogen) atoms. The maximum atomic E-state index is 5.76. The fraction of sp³-hybridized carbons (Fsp3) is 0.250. The first-order valence-corrected chi connectivity index (χ1v) is 9.54. The second kappa shape index (κ2) is 7.08. The second-order valence-corrected chi connectivity index (χ2v) is 8.08. The maximum Gasteiger partial charge on any atom is 0.277 e. The topological polar surface area (TPSA) is 78.1 Å². The van der Waals surface area contributed by atoms with Gasteiger partial charge in [-0.1, -0.05) is 49.8 Å². The molecule has 0 radical (unpaired) electrons. The summed E-state index contributed by atoms with van der Waals surface area (Å²) in [5, 5.41) is 12.8. The number of hydrogen-bond acceptors (Lipinski definition) is 7. The Labute approximate surface area is 161 Å². The van der Waals surface area contributed by atoms with Gasteiger partial charge in [-0.05, 0) is 35.2 Å². The van der Waals surface area contributed by atoms with Crippen LogP contribution in [-0.2, 0) is 11.2 Å². The zero-order valence-corrected chi connectivity index (χ0v) is 16.1. The van der Waals surface area contributed by atoms with Crippen molar-refractivity contribution in [3.05, 3.63) is 60.0 Å². The molecule has 0 fully saturated rings. The van der Waals surface area contributed by atoms with Gasteiger partial charge in [0.15, 0.2) is 5.76 Å². The van der Waals surface area contributed by atoms with Crippen molar-refractivity contribution in [3.8, 4) is 23.0 Å². The van der Waals surface area contributed by atoms with E-state index in [0.29, 0.717) is 28.4 Å². The van der Waals surface area contributed by atoms with Crippen molar-refractivity contribution in [2.24, 2.45) is 0 Å². The lowest BCUT2D eigenvalue weighted by Crippen LogP contribution is -2.10. The fourth-order valence-electron chi connectivity index (χ4n) is 2.55. The van der Waals surface area contributed by atoms with Gasteiger partial charge < -0.3 is 13.4 Å². The number of benzene rings is 1. The van der Waals surface area contributed by atoms with E-state index in [9.17, 15) is 0 Å². The third-order valence-electron chi connectivity index (χ3n) is 4.07. The van der Waals surface area contributed by atoms with Gasteiger partial charge in [0, 0.05) is 17.4 Å². The molecule has 4 rings (SSSR count). The monoisotopic (exact) mass is 381 g/mol. The Hall–Kier alpha value is -2.80. The average molecular weight is 381 g/mol. The van der Waals surface area contributed by atoms with Gasteiger partial charge >= 0.3 is 0 Å². The number of aromatic nitrogens is 3. The van der Waals surface area contributed by atoms with Crippen LogP contribution in [0, 0.1) is 0 Å². The van der Waals surface area contributed by atoms with Gasteiger partial charge in [0.1, 0.15) is 0 Å². The first-order valence-electron chi connectivity index (χ1n) is 8.56. The third kappa shape index (κ3) is 3.98. The van der Waals surface area contributed by atoms with Crippen molar-refractivity contribution in [2.45, 2.75) is 37.2 Å². The van der Waals surface area contributed by atoms with Crippen LogP contribution in [0.5, 0.6) is 0 Å². The summed E-state index contributed by atoms with van der Waals surface area (Å²) in [5.74, 6) is 2.32. The Kier molecular flexibility index (Phi) is 4.61. The number of thioether (sulfide) groups is 1. The molecule has 1 aromatic carbocycles. The first-order chi connectivity index (χ1) is 13.0. The summed E-state index contributed by atoms with van der Waals surface area (Å²) in [5.41, 5.74) is 3.06. The highest BCUT2D eigenvalue weighted by molar-refractivity contribution is 7.98. The van der Waals surface area contributed by atoms with Crippen molar-refractivity contribution >= 4 is 11.8 Å². The predicted octanol–water partition coefficient (Wildman–Crippen LogP) is 5.57. The minimum Gasteiger partial charge on any atom is -0.461 e. The van der Waals surface area contributed by atoms with Crippen LogP contribution >= 0.6 is 11.8 Å². The molecule has 3 heterocycles. The SMILES string of the molecule is CC(C)(C)c1ccc(-c2nnc(SCc3cc(-c4ccco4)on3)o2)cc1. The van der Waals surface area contributed by atoms with Gasteiger partial charge in [0.05, 0.1) is 12.0 Å². The highest BCUT2D eigenvalue weighted by Crippen LogP contribution is 2.29. The Balaban J connectivity index is 1.41. The molecular weight excluding hydrogens is 362 g/mol. The van der Waals surface area contributed by atoms with Crippen LogP contribution in [0.4, 0.5) is 0 Å². The van der Waals surface area contributed by atoms with E-state index >= 15 is 0 Å². The molecule has 0 N–H and O–H groups in total. The zero-order valence-electron chi connectivity index (χ0n) is 15.3. The molecule has 138 valence electrons. The molecule has 0 bridgehead atoms. The quantitative estimate of drug-likeness (QED) is 0.418. The number of hydrogen-bond donors (Lipinski definition) is 0. The molecular formula is C20H19N3O3S. The lowest BCUT2D eigenvalue weighted by atomic mass is 9.87. The van der Waals surface area contributed by atoms with Gasteiger partial charge in [0.25, 0.3) is 5.22 Å². The summed E-state index contributed by atoms with van der Waals surface area (Å²) in [7, 11) is 0. The molecule has 0 aliphatic rings. The molecule has 7 heteroatoms. The van der Waals surface area contributed by atoms with Crippen LogP contribution in [-0.4, -0.2) is 15.4 Å². The summed E-state index contributed by atoms with van der Waals surface area (Å²) in [6, 6.07) is 13.7. The molecule has 0 saturated carbocycles. The summed E-state index contributed by atoms with van der Waals surface area (Å²) in [6.45, 7) is 6.56. The minimum absolute atomic E-state index is 0.112. The predicted molar refractivity (Wildman–Crippen MR) is 102 cm³/mol. The van der Waals surface area contributed by atoms with Gasteiger partial charge in [-0.2, -0.15) is 0 Å². The molecule has 0 unspecified atom stereocenters. The van der Waals surface area contributed by atoms with E-state index in [1.165, 1.54) is 17.3 Å². The number of rotatable bonds is 5. The van der Waals surface area contributed by atoms with Crippen LogP contribution in [0.15, 0.2) is 67.3 Å². The molecule has 0 amide bonds. The molecule has 6 nitrogen and oxygen atoms in total. The summed E-state index contributed by atoms with van der Waals surface area (Å²) in [4.78, 5) is 0. The lowest BCUT2D eigenvalue weighted by Gasteiger charge is -2.18. The van der Waals surface area contributed by atoms with Gasteiger partial charge in [-0.25, -0.2) is 0 Å². The smallest absolute Gasteiger partial charge is 0.277 e.